The van der Waals surface area contributed by atoms with Crippen molar-refractivity contribution in [2.45, 2.75) is 33.3 Å². The Hall–Kier alpha value is -3.12. The Bertz CT molecular complexity index is 1050. The smallest absolute Gasteiger partial charge is 0.352 e. The maximum Gasteiger partial charge on any atom is 0.352 e. The van der Waals surface area contributed by atoms with Crippen LogP contribution in [0.4, 0.5) is 0 Å². The maximum atomic E-state index is 12.5. The molecule has 0 radical (unpaired) electrons. The van der Waals surface area contributed by atoms with Crippen LogP contribution in [0.25, 0.3) is 0 Å². The van der Waals surface area contributed by atoms with Crippen molar-refractivity contribution < 1.29 is 23.8 Å². The number of rotatable bonds is 8. The quantitative estimate of drug-likeness (QED) is 0.289. The molecule has 3 aromatic rings. The molecule has 0 N–H and O–H groups in total. The predicted octanol–water partition coefficient (Wildman–Crippen LogP) is 5.84. The number of carbonyl (C=O) groups excluding carboxylic acids is 2. The van der Waals surface area contributed by atoms with Crippen LogP contribution in [0.3, 0.4) is 0 Å². The van der Waals surface area contributed by atoms with E-state index in [4.69, 9.17) is 14.2 Å². The van der Waals surface area contributed by atoms with Crippen LogP contribution >= 0.6 is 15.9 Å². The van der Waals surface area contributed by atoms with E-state index >= 15 is 0 Å². The highest BCUT2D eigenvalue weighted by molar-refractivity contribution is 9.10. The van der Waals surface area contributed by atoms with Crippen molar-refractivity contribution in [2.75, 3.05) is 6.61 Å². The summed E-state index contributed by atoms with van der Waals surface area (Å²) in [5.74, 6) is 0.0448. The zero-order chi connectivity index (χ0) is 23.1. The van der Waals surface area contributed by atoms with E-state index in [1.165, 1.54) is 0 Å². The topological polar surface area (TPSA) is 61.8 Å². The van der Waals surface area contributed by atoms with E-state index in [1.54, 1.807) is 31.2 Å². The highest BCUT2D eigenvalue weighted by Crippen LogP contribution is 2.28. The van der Waals surface area contributed by atoms with E-state index in [9.17, 15) is 9.59 Å². The van der Waals surface area contributed by atoms with Gasteiger partial charge in [-0.3, -0.25) is 0 Å². The first-order valence-electron chi connectivity index (χ1n) is 10.3. The molecule has 6 heteroatoms. The molecule has 0 bridgehead atoms. The van der Waals surface area contributed by atoms with Gasteiger partial charge in [0.2, 0.25) is 0 Å². The second-order valence-electron chi connectivity index (χ2n) is 7.45. The molecule has 3 aromatic carbocycles. The van der Waals surface area contributed by atoms with Crippen LogP contribution < -0.4 is 9.47 Å². The number of ether oxygens (including phenoxy) is 3. The molecule has 3 rings (SSSR count). The zero-order valence-electron chi connectivity index (χ0n) is 18.3. The minimum Gasteiger partial charge on any atom is -0.478 e. The Balaban J connectivity index is 1.52. The van der Waals surface area contributed by atoms with E-state index < -0.39 is 18.0 Å². The lowest BCUT2D eigenvalue weighted by Crippen LogP contribution is -2.29. The van der Waals surface area contributed by atoms with Gasteiger partial charge in [0.15, 0.2) is 6.10 Å². The van der Waals surface area contributed by atoms with E-state index in [-0.39, 0.29) is 0 Å². The lowest BCUT2D eigenvalue weighted by atomic mass is 10.1. The molecule has 5 nitrogen and oxygen atoms in total. The number of halogens is 1. The molecular weight excluding hydrogens is 472 g/mol. The first-order chi connectivity index (χ1) is 15.3. The minimum atomic E-state index is -0.795. The minimum absolute atomic E-state index is 0.295. The third-order valence-corrected chi connectivity index (χ3v) is 5.28. The highest BCUT2D eigenvalue weighted by Gasteiger charge is 2.20. The van der Waals surface area contributed by atoms with E-state index in [1.807, 2.05) is 56.3 Å². The van der Waals surface area contributed by atoms with Crippen molar-refractivity contribution >= 4 is 27.9 Å². The van der Waals surface area contributed by atoms with Crippen LogP contribution in [-0.2, 0) is 16.0 Å². The van der Waals surface area contributed by atoms with Crippen LogP contribution in [0.2, 0.25) is 0 Å². The molecular formula is C26H25BrO5. The number of benzene rings is 3. The molecule has 0 saturated heterocycles. The Kier molecular flexibility index (Phi) is 8.06. The van der Waals surface area contributed by atoms with Gasteiger partial charge < -0.3 is 14.2 Å². The zero-order valence-corrected chi connectivity index (χ0v) is 19.8. The van der Waals surface area contributed by atoms with Gasteiger partial charge in [-0.15, -0.1) is 0 Å². The van der Waals surface area contributed by atoms with Crippen molar-refractivity contribution in [1.29, 1.82) is 0 Å². The Morgan fingerprint density at radius 2 is 1.56 bits per heavy atom. The van der Waals surface area contributed by atoms with Crippen LogP contribution in [-0.4, -0.2) is 24.6 Å². The van der Waals surface area contributed by atoms with Gasteiger partial charge in [0.1, 0.15) is 11.5 Å². The van der Waals surface area contributed by atoms with Crippen molar-refractivity contribution in [1.82, 2.24) is 0 Å². The third kappa shape index (κ3) is 6.44. The molecule has 0 saturated carbocycles. The summed E-state index contributed by atoms with van der Waals surface area (Å²) in [5.41, 5.74) is 3.34. The summed E-state index contributed by atoms with van der Waals surface area (Å²) in [6.45, 7) is 5.77. The molecule has 0 aliphatic carbocycles. The van der Waals surface area contributed by atoms with Gasteiger partial charge in [0.05, 0.1) is 12.2 Å². The third-order valence-electron chi connectivity index (χ3n) is 4.83. The molecule has 1 atom stereocenters. The summed E-state index contributed by atoms with van der Waals surface area (Å²) >= 11 is 3.45. The second kappa shape index (κ2) is 11.0. The second-order valence-corrected chi connectivity index (χ2v) is 8.36. The normalized spacial score (nSPS) is 11.5. The summed E-state index contributed by atoms with van der Waals surface area (Å²) in [6.07, 6.45) is -0.145. The molecule has 32 heavy (non-hydrogen) atoms. The van der Waals surface area contributed by atoms with Crippen LogP contribution in [0.15, 0.2) is 71.2 Å². The van der Waals surface area contributed by atoms with Gasteiger partial charge in [-0.25, -0.2) is 9.59 Å². The Labute approximate surface area is 196 Å². The van der Waals surface area contributed by atoms with Crippen LogP contribution in [0, 0.1) is 13.8 Å². The van der Waals surface area contributed by atoms with Crippen molar-refractivity contribution in [3.63, 3.8) is 0 Å². The average molecular weight is 497 g/mol. The summed E-state index contributed by atoms with van der Waals surface area (Å²) < 4.78 is 17.5. The predicted molar refractivity (Wildman–Crippen MR) is 126 cm³/mol. The van der Waals surface area contributed by atoms with Crippen molar-refractivity contribution in [3.05, 3.63) is 93.5 Å². The number of hydrogen-bond acceptors (Lipinski definition) is 5. The molecule has 0 amide bonds. The lowest BCUT2D eigenvalue weighted by molar-refractivity contribution is -0.141. The largest absolute Gasteiger partial charge is 0.478 e. The maximum absolute atomic E-state index is 12.5. The summed E-state index contributed by atoms with van der Waals surface area (Å²) in [5, 5.41) is 0. The van der Waals surface area contributed by atoms with Gasteiger partial charge in [0.25, 0.3) is 0 Å². The van der Waals surface area contributed by atoms with Crippen LogP contribution in [0.1, 0.15) is 34.0 Å². The fourth-order valence-electron chi connectivity index (χ4n) is 3.16. The molecule has 0 spiro atoms. The molecule has 0 heterocycles. The fourth-order valence-corrected chi connectivity index (χ4v) is 3.84. The molecule has 0 fully saturated rings. The number of carbonyl (C=O) groups is 2. The SMILES string of the molecule is Cc1cc(Br)cc(C)c1OC(C)C(=O)Oc1ccc(C(=O)OCCc2ccccc2)cc1. The standard InChI is InChI=1S/C26H25BrO5/c1-17-15-22(27)16-18(2)24(17)31-19(3)25(28)32-23-11-9-21(10-12-23)26(29)30-14-13-20-7-5-4-6-8-20/h4-12,15-16,19H,13-14H2,1-3H3. The van der Waals surface area contributed by atoms with E-state index in [2.05, 4.69) is 15.9 Å². The first kappa shape index (κ1) is 23.5. The monoisotopic (exact) mass is 496 g/mol. The molecule has 1 unspecified atom stereocenters. The molecule has 166 valence electrons. The molecule has 0 aliphatic rings. The van der Waals surface area contributed by atoms with Gasteiger partial charge in [0, 0.05) is 10.9 Å². The average Bonchev–Trinajstić information content (AvgIpc) is 2.77. The van der Waals surface area contributed by atoms with Gasteiger partial charge in [-0.05, 0) is 73.9 Å². The van der Waals surface area contributed by atoms with Crippen LogP contribution in [0.5, 0.6) is 11.5 Å². The fraction of sp³-hybridized carbons (Fsp3) is 0.231. The van der Waals surface area contributed by atoms with E-state index in [0.717, 1.165) is 21.2 Å². The summed E-state index contributed by atoms with van der Waals surface area (Å²) in [6, 6.07) is 19.9. The Morgan fingerprint density at radius 3 is 2.19 bits per heavy atom. The van der Waals surface area contributed by atoms with Crippen molar-refractivity contribution in [2.24, 2.45) is 0 Å². The van der Waals surface area contributed by atoms with Gasteiger partial charge in [-0.2, -0.15) is 0 Å². The number of aryl methyl sites for hydroxylation is 2. The highest BCUT2D eigenvalue weighted by atomic mass is 79.9. The summed E-state index contributed by atoms with van der Waals surface area (Å²) in [7, 11) is 0. The lowest BCUT2D eigenvalue weighted by Gasteiger charge is -2.17. The Morgan fingerprint density at radius 1 is 0.938 bits per heavy atom. The number of hydrogen-bond donors (Lipinski definition) is 0. The molecule has 0 aromatic heterocycles. The number of esters is 2. The van der Waals surface area contributed by atoms with Gasteiger partial charge >= 0.3 is 11.9 Å². The first-order valence-corrected chi connectivity index (χ1v) is 11.1. The molecule has 0 aliphatic heterocycles. The van der Waals surface area contributed by atoms with Crippen molar-refractivity contribution in [3.8, 4) is 11.5 Å². The van der Waals surface area contributed by atoms with E-state index in [0.29, 0.717) is 30.1 Å². The summed E-state index contributed by atoms with van der Waals surface area (Å²) in [4.78, 5) is 24.7. The van der Waals surface area contributed by atoms with Gasteiger partial charge in [-0.1, -0.05) is 46.3 Å².